The van der Waals surface area contributed by atoms with Crippen molar-refractivity contribution in [3.8, 4) is 0 Å². The number of hydrogen-bond acceptors (Lipinski definition) is 6. The number of anilines is 2. The van der Waals surface area contributed by atoms with Gasteiger partial charge in [0.25, 0.3) is 5.69 Å². The molecule has 0 aliphatic carbocycles. The van der Waals surface area contributed by atoms with Gasteiger partial charge in [-0.25, -0.2) is 4.98 Å². The molecule has 8 heteroatoms. The number of nitrogens with zero attached hydrogens (tertiary/aromatic N) is 5. The second-order valence-corrected chi connectivity index (χ2v) is 4.73. The van der Waals surface area contributed by atoms with Crippen molar-refractivity contribution in [3.05, 3.63) is 40.2 Å². The second-order valence-electron chi connectivity index (χ2n) is 4.73. The largest absolute Gasteiger partial charge is 0.370 e. The summed E-state index contributed by atoms with van der Waals surface area (Å²) in [5.41, 5.74) is 1.03. The highest BCUT2D eigenvalue weighted by molar-refractivity contribution is 5.55. The van der Waals surface area contributed by atoms with Crippen LogP contribution < -0.4 is 10.2 Å². The zero-order valence-electron chi connectivity index (χ0n) is 12.3. The third kappa shape index (κ3) is 3.68. The molecule has 2 aromatic rings. The molecule has 8 nitrogen and oxygen atoms in total. The maximum atomic E-state index is 11.0. The van der Waals surface area contributed by atoms with E-state index in [4.69, 9.17) is 0 Å². The van der Waals surface area contributed by atoms with Gasteiger partial charge in [-0.05, 0) is 6.92 Å². The third-order valence-corrected chi connectivity index (χ3v) is 2.93. The van der Waals surface area contributed by atoms with E-state index in [0.717, 1.165) is 5.56 Å². The Balaban J connectivity index is 2.26. The minimum Gasteiger partial charge on any atom is -0.370 e. The van der Waals surface area contributed by atoms with E-state index >= 15 is 0 Å². The van der Waals surface area contributed by atoms with Gasteiger partial charge in [-0.1, -0.05) is 0 Å². The molecule has 0 aliphatic heterocycles. The zero-order valence-corrected chi connectivity index (χ0v) is 12.3. The molecule has 0 aliphatic rings. The number of aromatic nitrogens is 3. The SMILES string of the molecule is CCNc1cc([N+](=O)[O-])cc(N(C)Cc2cnn(C)c2)n1. The van der Waals surface area contributed by atoms with Crippen LogP contribution in [-0.2, 0) is 13.6 Å². The van der Waals surface area contributed by atoms with Crippen LogP contribution in [0, 0.1) is 10.1 Å². The van der Waals surface area contributed by atoms with Gasteiger partial charge in [-0.2, -0.15) is 5.10 Å². The Kier molecular flexibility index (Phi) is 4.36. The number of nitro groups is 1. The molecule has 0 atom stereocenters. The van der Waals surface area contributed by atoms with Gasteiger partial charge in [0.2, 0.25) is 0 Å². The molecule has 0 saturated heterocycles. The van der Waals surface area contributed by atoms with E-state index in [-0.39, 0.29) is 5.69 Å². The summed E-state index contributed by atoms with van der Waals surface area (Å²) in [6.45, 7) is 3.15. The molecule has 0 unspecified atom stereocenters. The fraction of sp³-hybridized carbons (Fsp3) is 0.385. The Morgan fingerprint density at radius 2 is 2.24 bits per heavy atom. The maximum Gasteiger partial charge on any atom is 0.276 e. The Morgan fingerprint density at radius 3 is 2.81 bits per heavy atom. The number of pyridine rings is 1. The normalized spacial score (nSPS) is 10.4. The van der Waals surface area contributed by atoms with Crippen LogP contribution >= 0.6 is 0 Å². The van der Waals surface area contributed by atoms with Gasteiger partial charge in [-0.3, -0.25) is 14.8 Å². The molecule has 0 radical (unpaired) electrons. The van der Waals surface area contributed by atoms with E-state index in [2.05, 4.69) is 15.4 Å². The number of aryl methyl sites for hydroxylation is 1. The van der Waals surface area contributed by atoms with Crippen molar-refractivity contribution in [2.24, 2.45) is 7.05 Å². The molecule has 0 fully saturated rings. The van der Waals surface area contributed by atoms with Crippen molar-refractivity contribution in [3.63, 3.8) is 0 Å². The monoisotopic (exact) mass is 290 g/mol. The first-order valence-corrected chi connectivity index (χ1v) is 6.58. The highest BCUT2D eigenvalue weighted by atomic mass is 16.6. The number of rotatable bonds is 6. The summed E-state index contributed by atoms with van der Waals surface area (Å²) in [5.74, 6) is 1.05. The van der Waals surface area contributed by atoms with Crippen LogP contribution in [-0.4, -0.2) is 33.3 Å². The first kappa shape index (κ1) is 14.8. The molecular weight excluding hydrogens is 272 g/mol. The molecule has 21 heavy (non-hydrogen) atoms. The predicted octanol–water partition coefficient (Wildman–Crippen LogP) is 1.79. The van der Waals surface area contributed by atoms with Crippen LogP contribution in [0.25, 0.3) is 0 Å². The van der Waals surface area contributed by atoms with E-state index < -0.39 is 4.92 Å². The number of hydrogen-bond donors (Lipinski definition) is 1. The first-order valence-electron chi connectivity index (χ1n) is 6.58. The van der Waals surface area contributed by atoms with Crippen LogP contribution in [0.3, 0.4) is 0 Å². The van der Waals surface area contributed by atoms with Crippen molar-refractivity contribution in [1.82, 2.24) is 14.8 Å². The minimum atomic E-state index is -0.413. The quantitative estimate of drug-likeness (QED) is 0.644. The third-order valence-electron chi connectivity index (χ3n) is 2.93. The highest BCUT2D eigenvalue weighted by Crippen LogP contribution is 2.23. The summed E-state index contributed by atoms with van der Waals surface area (Å²) in [5, 5.41) is 18.1. The Hall–Kier alpha value is -2.64. The van der Waals surface area contributed by atoms with Gasteiger partial charge in [0.1, 0.15) is 11.6 Å². The van der Waals surface area contributed by atoms with Crippen LogP contribution in [0.15, 0.2) is 24.5 Å². The molecule has 2 rings (SSSR count). The van der Waals surface area contributed by atoms with Gasteiger partial charge in [0, 0.05) is 38.9 Å². The lowest BCUT2D eigenvalue weighted by molar-refractivity contribution is -0.384. The number of nitrogens with one attached hydrogen (secondary N) is 1. The van der Waals surface area contributed by atoms with E-state index in [1.54, 1.807) is 10.9 Å². The predicted molar refractivity (Wildman–Crippen MR) is 80.4 cm³/mol. The van der Waals surface area contributed by atoms with Crippen molar-refractivity contribution in [2.75, 3.05) is 23.8 Å². The molecule has 0 saturated carbocycles. The van der Waals surface area contributed by atoms with E-state index in [0.29, 0.717) is 24.7 Å². The Bertz CT molecular complexity index is 639. The molecule has 2 heterocycles. The zero-order chi connectivity index (χ0) is 15.4. The first-order chi connectivity index (χ1) is 9.99. The summed E-state index contributed by atoms with van der Waals surface area (Å²) in [6, 6.07) is 2.90. The lowest BCUT2D eigenvalue weighted by Gasteiger charge is -2.18. The van der Waals surface area contributed by atoms with Gasteiger partial charge < -0.3 is 10.2 Å². The summed E-state index contributed by atoms with van der Waals surface area (Å²) >= 11 is 0. The maximum absolute atomic E-state index is 11.0. The lowest BCUT2D eigenvalue weighted by Crippen LogP contribution is -2.18. The van der Waals surface area contributed by atoms with Crippen LogP contribution in [0.1, 0.15) is 12.5 Å². The minimum absolute atomic E-state index is 0.0222. The Labute approximate surface area is 122 Å². The molecule has 2 aromatic heterocycles. The summed E-state index contributed by atoms with van der Waals surface area (Å²) in [4.78, 5) is 16.8. The van der Waals surface area contributed by atoms with Crippen LogP contribution in [0.2, 0.25) is 0 Å². The average Bonchev–Trinajstić information content (AvgIpc) is 2.84. The average molecular weight is 290 g/mol. The van der Waals surface area contributed by atoms with Crippen molar-refractivity contribution in [2.45, 2.75) is 13.5 Å². The lowest BCUT2D eigenvalue weighted by atomic mass is 10.3. The standard InChI is InChI=1S/C13H18N6O2/c1-4-14-12-5-11(19(20)21)6-13(16-12)17(2)8-10-7-15-18(3)9-10/h5-7,9H,4,8H2,1-3H3,(H,14,16). The summed E-state index contributed by atoms with van der Waals surface area (Å²) in [6.07, 6.45) is 3.66. The van der Waals surface area contributed by atoms with Gasteiger partial charge in [-0.15, -0.1) is 0 Å². The fourth-order valence-corrected chi connectivity index (χ4v) is 1.98. The van der Waals surface area contributed by atoms with E-state index in [1.165, 1.54) is 12.1 Å². The van der Waals surface area contributed by atoms with Crippen LogP contribution in [0.5, 0.6) is 0 Å². The van der Waals surface area contributed by atoms with Crippen molar-refractivity contribution in [1.29, 1.82) is 0 Å². The smallest absolute Gasteiger partial charge is 0.276 e. The molecule has 0 bridgehead atoms. The molecular formula is C13H18N6O2. The van der Waals surface area contributed by atoms with Crippen molar-refractivity contribution < 1.29 is 4.92 Å². The van der Waals surface area contributed by atoms with Gasteiger partial charge in [0.05, 0.1) is 23.3 Å². The Morgan fingerprint density at radius 1 is 1.48 bits per heavy atom. The molecule has 1 N–H and O–H groups in total. The second kappa shape index (κ2) is 6.21. The summed E-state index contributed by atoms with van der Waals surface area (Å²) in [7, 11) is 3.69. The molecule has 0 aromatic carbocycles. The summed E-state index contributed by atoms with van der Waals surface area (Å²) < 4.78 is 1.72. The van der Waals surface area contributed by atoms with E-state index in [9.17, 15) is 10.1 Å². The fourth-order valence-electron chi connectivity index (χ4n) is 1.98. The van der Waals surface area contributed by atoms with E-state index in [1.807, 2.05) is 32.1 Å². The van der Waals surface area contributed by atoms with Crippen molar-refractivity contribution >= 4 is 17.3 Å². The van der Waals surface area contributed by atoms with Gasteiger partial charge >= 0.3 is 0 Å². The van der Waals surface area contributed by atoms with Crippen LogP contribution in [0.4, 0.5) is 17.3 Å². The molecule has 0 amide bonds. The molecule has 112 valence electrons. The van der Waals surface area contributed by atoms with Gasteiger partial charge in [0.15, 0.2) is 0 Å². The highest BCUT2D eigenvalue weighted by Gasteiger charge is 2.14. The molecule has 0 spiro atoms. The topological polar surface area (TPSA) is 89.1 Å².